The second-order valence-electron chi connectivity index (χ2n) is 8.49. The van der Waals surface area contributed by atoms with Gasteiger partial charge in [-0.05, 0) is 79.5 Å². The van der Waals surface area contributed by atoms with Crippen LogP contribution in [0, 0.1) is 5.92 Å². The first-order valence-corrected chi connectivity index (χ1v) is 11.1. The number of ether oxygens (including phenoxy) is 1. The van der Waals surface area contributed by atoms with Crippen LogP contribution < -0.4 is 5.32 Å². The van der Waals surface area contributed by atoms with Crippen LogP contribution in [0.25, 0.3) is 0 Å². The number of carbonyl (C=O) groups is 1. The first-order chi connectivity index (χ1) is 14.2. The molecule has 3 nitrogen and oxygen atoms in total. The topological polar surface area (TPSA) is 38.3 Å². The number of hydrogen-bond acceptors (Lipinski definition) is 3. The molecular formula is C25H26ClNO2. The highest BCUT2D eigenvalue weighted by atomic mass is 35.5. The summed E-state index contributed by atoms with van der Waals surface area (Å²) in [5, 5.41) is 4.47. The van der Waals surface area contributed by atoms with Crippen LogP contribution in [0.1, 0.15) is 72.0 Å². The predicted octanol–water partition coefficient (Wildman–Crippen LogP) is 6.66. The van der Waals surface area contributed by atoms with E-state index in [0.717, 1.165) is 42.8 Å². The molecule has 150 valence electrons. The molecule has 3 aliphatic rings. The van der Waals surface area contributed by atoms with Crippen molar-refractivity contribution in [1.29, 1.82) is 0 Å². The van der Waals surface area contributed by atoms with E-state index in [1.54, 1.807) is 0 Å². The standard InChI is InChI=1S/C25H26ClNO2/c26-18-12-9-16(10-13-18)24-21-8-4-7-20(21)22-15-17(11-14-23(22)27-24)25(28)29-19-5-2-1-3-6-19/h4,7,9-15,19-21,24,27H,1-3,5-6,8H2/t20-,21+,24-/m1/s1. The third kappa shape index (κ3) is 3.69. The molecule has 1 heterocycles. The zero-order valence-electron chi connectivity index (χ0n) is 16.4. The summed E-state index contributed by atoms with van der Waals surface area (Å²) < 4.78 is 5.79. The number of benzene rings is 2. The molecule has 4 heteroatoms. The van der Waals surface area contributed by atoms with E-state index in [2.05, 4.69) is 29.6 Å². The van der Waals surface area contributed by atoms with E-state index in [4.69, 9.17) is 16.3 Å². The van der Waals surface area contributed by atoms with Gasteiger partial charge in [0.05, 0.1) is 11.6 Å². The molecule has 1 aliphatic heterocycles. The lowest BCUT2D eigenvalue weighted by atomic mass is 9.76. The normalized spacial score (nSPS) is 25.8. The van der Waals surface area contributed by atoms with Gasteiger partial charge in [-0.15, -0.1) is 0 Å². The molecule has 0 saturated heterocycles. The van der Waals surface area contributed by atoms with E-state index < -0.39 is 0 Å². The Hall–Kier alpha value is -2.26. The predicted molar refractivity (Wildman–Crippen MR) is 117 cm³/mol. The highest BCUT2D eigenvalue weighted by Gasteiger charge is 2.38. The van der Waals surface area contributed by atoms with Crippen molar-refractivity contribution in [3.05, 3.63) is 76.3 Å². The fourth-order valence-corrected chi connectivity index (χ4v) is 5.25. The second-order valence-corrected chi connectivity index (χ2v) is 8.93. The number of rotatable bonds is 3. The summed E-state index contributed by atoms with van der Waals surface area (Å²) in [4.78, 5) is 12.7. The van der Waals surface area contributed by atoms with Crippen molar-refractivity contribution >= 4 is 23.3 Å². The molecule has 2 aliphatic carbocycles. The molecule has 29 heavy (non-hydrogen) atoms. The quantitative estimate of drug-likeness (QED) is 0.456. The van der Waals surface area contributed by atoms with Crippen molar-refractivity contribution in [1.82, 2.24) is 0 Å². The summed E-state index contributed by atoms with van der Waals surface area (Å²) in [5.41, 5.74) is 4.22. The van der Waals surface area contributed by atoms with Gasteiger partial charge in [-0.1, -0.05) is 42.3 Å². The summed E-state index contributed by atoms with van der Waals surface area (Å²) in [6.07, 6.45) is 11.2. The van der Waals surface area contributed by atoms with Crippen LogP contribution in [0.4, 0.5) is 5.69 Å². The van der Waals surface area contributed by atoms with E-state index in [0.29, 0.717) is 17.4 Å². The lowest BCUT2D eigenvalue weighted by Gasteiger charge is -2.37. The van der Waals surface area contributed by atoms with Crippen molar-refractivity contribution in [3.63, 3.8) is 0 Å². The highest BCUT2D eigenvalue weighted by molar-refractivity contribution is 6.30. The minimum absolute atomic E-state index is 0.0822. The Bertz CT molecular complexity index is 930. The van der Waals surface area contributed by atoms with Gasteiger partial charge in [-0.2, -0.15) is 0 Å². The largest absolute Gasteiger partial charge is 0.459 e. The smallest absolute Gasteiger partial charge is 0.338 e. The number of hydrogen-bond donors (Lipinski definition) is 1. The van der Waals surface area contributed by atoms with E-state index in [-0.39, 0.29) is 18.1 Å². The SMILES string of the molecule is O=C(OC1CCCCC1)c1ccc2c(c1)[C@@H]1C=CC[C@@H]1[C@@H](c1ccc(Cl)cc1)N2. The highest BCUT2D eigenvalue weighted by Crippen LogP contribution is 2.50. The van der Waals surface area contributed by atoms with Gasteiger partial charge in [0.1, 0.15) is 6.10 Å². The first-order valence-electron chi connectivity index (χ1n) is 10.7. The van der Waals surface area contributed by atoms with Crippen LogP contribution in [-0.2, 0) is 4.74 Å². The Morgan fingerprint density at radius 3 is 2.62 bits per heavy atom. The van der Waals surface area contributed by atoms with Crippen LogP contribution in [-0.4, -0.2) is 12.1 Å². The number of nitrogens with one attached hydrogen (secondary N) is 1. The molecule has 0 bridgehead atoms. The zero-order valence-corrected chi connectivity index (χ0v) is 17.2. The maximum Gasteiger partial charge on any atom is 0.338 e. The molecular weight excluding hydrogens is 382 g/mol. The molecule has 2 aromatic rings. The Morgan fingerprint density at radius 1 is 1.03 bits per heavy atom. The summed E-state index contributed by atoms with van der Waals surface area (Å²) in [5.74, 6) is 0.570. The Labute approximate surface area is 177 Å². The van der Waals surface area contributed by atoms with Gasteiger partial charge in [0.15, 0.2) is 0 Å². The average molecular weight is 408 g/mol. The molecule has 1 fully saturated rings. The monoisotopic (exact) mass is 407 g/mol. The Morgan fingerprint density at radius 2 is 1.83 bits per heavy atom. The van der Waals surface area contributed by atoms with E-state index in [1.165, 1.54) is 17.5 Å². The molecule has 1 saturated carbocycles. The lowest BCUT2D eigenvalue weighted by Crippen LogP contribution is -2.29. The van der Waals surface area contributed by atoms with Crippen LogP contribution in [0.3, 0.4) is 0 Å². The number of halogens is 1. The minimum atomic E-state index is -0.182. The Kier molecular flexibility index (Phi) is 5.09. The summed E-state index contributed by atoms with van der Waals surface area (Å²) in [6, 6.07) is 14.3. The van der Waals surface area contributed by atoms with E-state index in [9.17, 15) is 4.79 Å². The number of carbonyl (C=O) groups excluding carboxylic acids is 1. The minimum Gasteiger partial charge on any atom is -0.459 e. The molecule has 5 rings (SSSR count). The molecule has 0 unspecified atom stereocenters. The van der Waals surface area contributed by atoms with Crippen LogP contribution >= 0.6 is 11.6 Å². The third-order valence-corrected chi connectivity index (χ3v) is 6.91. The molecule has 1 N–H and O–H groups in total. The third-order valence-electron chi connectivity index (χ3n) is 6.65. The van der Waals surface area contributed by atoms with Crippen LogP contribution in [0.5, 0.6) is 0 Å². The fourth-order valence-electron chi connectivity index (χ4n) is 5.12. The van der Waals surface area contributed by atoms with Gasteiger partial charge in [0.25, 0.3) is 0 Å². The number of allylic oxidation sites excluding steroid dienone is 2. The summed E-state index contributed by atoms with van der Waals surface area (Å²) in [7, 11) is 0. The van der Waals surface area contributed by atoms with Crippen LogP contribution in [0.2, 0.25) is 5.02 Å². The van der Waals surface area contributed by atoms with Gasteiger partial charge in [0, 0.05) is 16.6 Å². The van der Waals surface area contributed by atoms with Crippen molar-refractivity contribution < 1.29 is 9.53 Å². The van der Waals surface area contributed by atoms with Gasteiger partial charge in [-0.25, -0.2) is 4.79 Å². The fraction of sp³-hybridized carbons (Fsp3) is 0.400. The summed E-state index contributed by atoms with van der Waals surface area (Å²) >= 11 is 6.08. The van der Waals surface area contributed by atoms with Crippen molar-refractivity contribution in [2.75, 3.05) is 5.32 Å². The maximum absolute atomic E-state index is 12.7. The van der Waals surface area contributed by atoms with Crippen LogP contribution in [0.15, 0.2) is 54.6 Å². The average Bonchev–Trinajstić information content (AvgIpc) is 3.24. The van der Waals surface area contributed by atoms with Gasteiger partial charge in [-0.3, -0.25) is 0 Å². The number of anilines is 1. The molecule has 0 spiro atoms. The molecule has 0 aromatic heterocycles. The van der Waals surface area contributed by atoms with Gasteiger partial charge >= 0.3 is 5.97 Å². The van der Waals surface area contributed by atoms with E-state index in [1.807, 2.05) is 30.3 Å². The number of esters is 1. The number of fused-ring (bicyclic) bond motifs is 3. The second kappa shape index (κ2) is 7.87. The molecule has 3 atom stereocenters. The lowest BCUT2D eigenvalue weighted by molar-refractivity contribution is 0.0211. The Balaban J connectivity index is 1.41. The maximum atomic E-state index is 12.7. The van der Waals surface area contributed by atoms with Gasteiger partial charge < -0.3 is 10.1 Å². The first kappa shape index (κ1) is 18.7. The van der Waals surface area contributed by atoms with Crippen molar-refractivity contribution in [2.24, 2.45) is 5.92 Å². The molecule has 0 radical (unpaired) electrons. The van der Waals surface area contributed by atoms with Crippen molar-refractivity contribution in [3.8, 4) is 0 Å². The van der Waals surface area contributed by atoms with Crippen molar-refractivity contribution in [2.45, 2.75) is 56.6 Å². The molecule has 0 amide bonds. The zero-order chi connectivity index (χ0) is 19.8. The van der Waals surface area contributed by atoms with E-state index >= 15 is 0 Å². The van der Waals surface area contributed by atoms with Gasteiger partial charge in [0.2, 0.25) is 0 Å². The summed E-state index contributed by atoms with van der Waals surface area (Å²) in [6.45, 7) is 0. The molecule has 2 aromatic carbocycles.